The molecule has 0 unspecified atom stereocenters. The third-order valence-corrected chi connectivity index (χ3v) is 6.87. The predicted molar refractivity (Wildman–Crippen MR) is 166 cm³/mol. The molecule has 0 spiro atoms. The maximum atomic E-state index is 13.3. The summed E-state index contributed by atoms with van der Waals surface area (Å²) in [5.74, 6) is -1.76. The van der Waals surface area contributed by atoms with Crippen molar-refractivity contribution in [3.05, 3.63) is 155 Å². The van der Waals surface area contributed by atoms with E-state index in [9.17, 15) is 25.2 Å². The molecule has 7 heteroatoms. The van der Waals surface area contributed by atoms with Gasteiger partial charge in [0.25, 0.3) is 0 Å². The number of carbonyl (C=O) groups is 2. The number of aliphatic hydroxyl groups is 1. The lowest BCUT2D eigenvalue weighted by molar-refractivity contribution is -0.149. The van der Waals surface area contributed by atoms with E-state index in [1.165, 1.54) is 0 Å². The number of benzene rings is 4. The van der Waals surface area contributed by atoms with E-state index in [0.29, 0.717) is 33.4 Å². The number of hydrogen-bond acceptors (Lipinski definition) is 7. The normalized spacial score (nSPS) is 10.5. The molecule has 0 atom stereocenters. The van der Waals surface area contributed by atoms with Crippen molar-refractivity contribution >= 4 is 23.1 Å². The number of nitrogens with zero attached hydrogens (tertiary/aromatic N) is 2. The molecule has 0 heterocycles. The molecule has 0 aromatic heterocycles. The number of nitriles is 2. The summed E-state index contributed by atoms with van der Waals surface area (Å²) in [7, 11) is 0. The minimum atomic E-state index is -1.22. The van der Waals surface area contributed by atoms with Crippen LogP contribution >= 0.6 is 0 Å². The number of esters is 2. The Balaban J connectivity index is 1.56. The zero-order valence-electron chi connectivity index (χ0n) is 24.1. The van der Waals surface area contributed by atoms with Crippen LogP contribution < -0.4 is 0 Å². The van der Waals surface area contributed by atoms with E-state index in [4.69, 9.17) is 9.47 Å². The zero-order valence-corrected chi connectivity index (χ0v) is 24.1. The highest BCUT2D eigenvalue weighted by Gasteiger charge is 2.31. The lowest BCUT2D eigenvalue weighted by Gasteiger charge is -2.26. The molecule has 0 saturated carbocycles. The Morgan fingerprint density at radius 1 is 0.591 bits per heavy atom. The molecule has 0 aliphatic carbocycles. The Morgan fingerprint density at radius 3 is 1.09 bits per heavy atom. The molecule has 0 aliphatic rings. The van der Waals surface area contributed by atoms with Gasteiger partial charge in [0.2, 0.25) is 0 Å². The molecule has 0 amide bonds. The molecule has 0 aliphatic heterocycles. The molecule has 0 radical (unpaired) electrons. The van der Waals surface area contributed by atoms with Gasteiger partial charge in [0.15, 0.2) is 0 Å². The lowest BCUT2D eigenvalue weighted by Crippen LogP contribution is -2.35. The van der Waals surface area contributed by atoms with Crippen molar-refractivity contribution in [2.75, 3.05) is 19.8 Å². The van der Waals surface area contributed by atoms with Crippen LogP contribution in [0.15, 0.2) is 132 Å². The summed E-state index contributed by atoms with van der Waals surface area (Å²) in [4.78, 5) is 26.6. The van der Waals surface area contributed by atoms with E-state index < -0.39 is 24.0 Å². The number of aliphatic hydroxyl groups excluding tert-OH is 1. The van der Waals surface area contributed by atoms with Gasteiger partial charge in [-0.2, -0.15) is 10.5 Å². The summed E-state index contributed by atoms with van der Waals surface area (Å²) in [5, 5.41) is 30.2. The van der Waals surface area contributed by atoms with Gasteiger partial charge in [0.05, 0.1) is 12.0 Å². The van der Waals surface area contributed by atoms with Crippen LogP contribution in [0.5, 0.6) is 0 Å². The minimum Gasteiger partial charge on any atom is -0.461 e. The highest BCUT2D eigenvalue weighted by molar-refractivity contribution is 6.06. The van der Waals surface area contributed by atoms with Gasteiger partial charge in [-0.3, -0.25) is 0 Å². The van der Waals surface area contributed by atoms with Crippen molar-refractivity contribution in [2.24, 2.45) is 5.41 Å². The van der Waals surface area contributed by atoms with E-state index in [1.54, 1.807) is 104 Å². The standard InChI is InChI=1S/C37H30N2O5/c1-37(24-40,25-43-35(41)31(22-38)33(27-14-6-2-7-15-27)28-16-8-3-9-17-28)26-44-36(42)32(23-39)34(29-18-10-4-11-19-29)30-20-12-5-13-21-30/h2-21,40H,24-26H2,1H3. The van der Waals surface area contributed by atoms with Crippen LogP contribution in [0, 0.1) is 28.1 Å². The fraction of sp³-hybridized carbons (Fsp3) is 0.135. The zero-order chi connectivity index (χ0) is 31.4. The Bertz CT molecular complexity index is 1520. The summed E-state index contributed by atoms with van der Waals surface area (Å²) in [6, 6.07) is 40.1. The van der Waals surface area contributed by atoms with E-state index in [-0.39, 0.29) is 24.4 Å². The third kappa shape index (κ3) is 7.54. The minimum absolute atomic E-state index is 0.204. The summed E-state index contributed by atoms with van der Waals surface area (Å²) in [6.45, 7) is 0.365. The maximum absolute atomic E-state index is 13.3. The van der Waals surface area contributed by atoms with Gasteiger partial charge in [0.1, 0.15) is 36.5 Å². The summed E-state index contributed by atoms with van der Waals surface area (Å²) < 4.78 is 11.1. The van der Waals surface area contributed by atoms with Gasteiger partial charge in [-0.25, -0.2) is 9.59 Å². The SMILES string of the molecule is CC(CO)(COC(=O)C(C#N)=C(c1ccccc1)c1ccccc1)COC(=O)C(C#N)=C(c1ccccc1)c1ccccc1. The van der Waals surface area contributed by atoms with Crippen molar-refractivity contribution in [2.45, 2.75) is 6.92 Å². The smallest absolute Gasteiger partial charge is 0.349 e. The second-order valence-corrected chi connectivity index (χ2v) is 10.3. The van der Waals surface area contributed by atoms with Crippen molar-refractivity contribution in [3.8, 4) is 12.1 Å². The Labute approximate surface area is 256 Å². The first-order chi connectivity index (χ1) is 21.4. The van der Waals surface area contributed by atoms with E-state index in [0.717, 1.165) is 0 Å². The Hall–Kier alpha value is -5.76. The number of carbonyl (C=O) groups excluding carboxylic acids is 2. The van der Waals surface area contributed by atoms with Crippen molar-refractivity contribution < 1.29 is 24.2 Å². The number of ether oxygens (including phenoxy) is 2. The average molecular weight is 583 g/mol. The van der Waals surface area contributed by atoms with Crippen LogP contribution in [0.4, 0.5) is 0 Å². The van der Waals surface area contributed by atoms with Crippen molar-refractivity contribution in [1.29, 1.82) is 10.5 Å². The highest BCUT2D eigenvalue weighted by atomic mass is 16.5. The largest absolute Gasteiger partial charge is 0.461 e. The van der Waals surface area contributed by atoms with Gasteiger partial charge in [-0.05, 0) is 22.3 Å². The molecule has 0 fully saturated rings. The molecule has 0 bridgehead atoms. The summed E-state index contributed by atoms with van der Waals surface area (Å²) >= 11 is 0. The van der Waals surface area contributed by atoms with Crippen LogP contribution in [-0.4, -0.2) is 36.9 Å². The first-order valence-corrected chi connectivity index (χ1v) is 13.9. The van der Waals surface area contributed by atoms with E-state index in [2.05, 4.69) is 0 Å². The molecule has 1 N–H and O–H groups in total. The molecule has 7 nitrogen and oxygen atoms in total. The quantitative estimate of drug-likeness (QED) is 0.128. The number of hydrogen-bond donors (Lipinski definition) is 1. The number of rotatable bonds is 11. The topological polar surface area (TPSA) is 120 Å². The highest BCUT2D eigenvalue weighted by Crippen LogP contribution is 2.30. The molecule has 4 rings (SSSR count). The van der Waals surface area contributed by atoms with Gasteiger partial charge >= 0.3 is 11.9 Å². The van der Waals surface area contributed by atoms with Crippen molar-refractivity contribution in [1.82, 2.24) is 0 Å². The first kappa shape index (κ1) is 31.2. The van der Waals surface area contributed by atoms with Gasteiger partial charge in [0, 0.05) is 11.1 Å². The molecule has 44 heavy (non-hydrogen) atoms. The molecule has 4 aromatic carbocycles. The third-order valence-electron chi connectivity index (χ3n) is 6.87. The molecular weight excluding hydrogens is 552 g/mol. The van der Waals surface area contributed by atoms with Crippen LogP contribution in [-0.2, 0) is 19.1 Å². The predicted octanol–water partition coefficient (Wildman–Crippen LogP) is 6.12. The second kappa shape index (κ2) is 14.9. The van der Waals surface area contributed by atoms with Gasteiger partial charge in [-0.15, -0.1) is 0 Å². The molecule has 0 saturated heterocycles. The fourth-order valence-electron chi connectivity index (χ4n) is 4.49. The molecule has 4 aromatic rings. The fourth-order valence-corrected chi connectivity index (χ4v) is 4.49. The van der Waals surface area contributed by atoms with E-state index >= 15 is 0 Å². The Kier molecular flexibility index (Phi) is 10.6. The van der Waals surface area contributed by atoms with E-state index in [1.807, 2.05) is 36.4 Å². The maximum Gasteiger partial charge on any atom is 0.349 e. The van der Waals surface area contributed by atoms with Crippen molar-refractivity contribution in [3.63, 3.8) is 0 Å². The molecule has 218 valence electrons. The monoisotopic (exact) mass is 582 g/mol. The van der Waals surface area contributed by atoms with Gasteiger partial charge < -0.3 is 14.6 Å². The van der Waals surface area contributed by atoms with Gasteiger partial charge in [-0.1, -0.05) is 128 Å². The van der Waals surface area contributed by atoms with Crippen LogP contribution in [0.3, 0.4) is 0 Å². The molecular formula is C37H30N2O5. The summed E-state index contributed by atoms with van der Waals surface area (Å²) in [5.41, 5.74) is 1.84. The Morgan fingerprint density at radius 2 is 0.864 bits per heavy atom. The van der Waals surface area contributed by atoms with Crippen LogP contribution in [0.2, 0.25) is 0 Å². The second-order valence-electron chi connectivity index (χ2n) is 10.3. The summed E-state index contributed by atoms with van der Waals surface area (Å²) in [6.07, 6.45) is 0. The van der Waals surface area contributed by atoms with Crippen LogP contribution in [0.25, 0.3) is 11.1 Å². The average Bonchev–Trinajstić information content (AvgIpc) is 3.08. The lowest BCUT2D eigenvalue weighted by atomic mass is 9.92. The van der Waals surface area contributed by atoms with Crippen LogP contribution in [0.1, 0.15) is 29.2 Å². The first-order valence-electron chi connectivity index (χ1n) is 13.9.